The Morgan fingerprint density at radius 3 is 2.56 bits per heavy atom. The molecule has 1 aliphatic heterocycles. The minimum atomic E-state index is 0.442. The molecule has 176 valence electrons. The van der Waals surface area contributed by atoms with Crippen molar-refractivity contribution in [1.82, 2.24) is 9.88 Å². The summed E-state index contributed by atoms with van der Waals surface area (Å²) in [7, 11) is 0. The van der Waals surface area contributed by atoms with Crippen molar-refractivity contribution in [2.75, 3.05) is 19.6 Å². The molecule has 0 radical (unpaired) electrons. The first kappa shape index (κ1) is 21.9. The normalized spacial score (nSPS) is 24.3. The summed E-state index contributed by atoms with van der Waals surface area (Å²) in [4.78, 5) is 9.43. The first-order valence-corrected chi connectivity index (χ1v) is 13.6. The third-order valence-corrected chi connectivity index (χ3v) is 9.46. The monoisotopic (exact) mass is 451 g/mol. The molecule has 3 aliphatic rings. The molecule has 1 N–H and O–H groups in total. The number of aryl methyl sites for hydroxylation is 1. The standard InChI is InChI=1S/C31H37N3/c1-32-30-22-25-21-23(12-13-29(25)33-30)14-18-34-19-15-27(16-20-34)31(26-9-3-4-10-26)17-6-8-24-7-2-5-11-28(24)31/h2,5,7,11-13,21-22,26-27,33H,3-4,6,8-10,14-20H2. The summed E-state index contributed by atoms with van der Waals surface area (Å²) in [6.07, 6.45) is 13.7. The van der Waals surface area contributed by atoms with Gasteiger partial charge in [0.05, 0.1) is 0 Å². The van der Waals surface area contributed by atoms with Gasteiger partial charge in [-0.15, -0.1) is 0 Å². The van der Waals surface area contributed by atoms with Crippen LogP contribution in [0.15, 0.2) is 48.5 Å². The van der Waals surface area contributed by atoms with Gasteiger partial charge in [0.15, 0.2) is 0 Å². The van der Waals surface area contributed by atoms with Crippen molar-refractivity contribution in [3.05, 3.63) is 76.6 Å². The maximum Gasteiger partial charge on any atom is 0.229 e. The van der Waals surface area contributed by atoms with E-state index in [1.165, 1.54) is 76.4 Å². The van der Waals surface area contributed by atoms with Crippen LogP contribution in [-0.4, -0.2) is 29.5 Å². The molecule has 2 fully saturated rings. The average Bonchev–Trinajstić information content (AvgIpc) is 3.57. The van der Waals surface area contributed by atoms with Crippen molar-refractivity contribution in [2.45, 2.75) is 69.6 Å². The zero-order valence-electron chi connectivity index (χ0n) is 20.4. The van der Waals surface area contributed by atoms with E-state index >= 15 is 0 Å². The molecule has 1 saturated carbocycles. The van der Waals surface area contributed by atoms with Gasteiger partial charge in [-0.2, -0.15) is 0 Å². The van der Waals surface area contributed by atoms with Gasteiger partial charge in [0, 0.05) is 17.3 Å². The quantitative estimate of drug-likeness (QED) is 0.400. The Kier molecular flexibility index (Phi) is 5.95. The Hall–Kier alpha value is -2.57. The van der Waals surface area contributed by atoms with Gasteiger partial charge < -0.3 is 14.7 Å². The molecule has 6 rings (SSSR count). The van der Waals surface area contributed by atoms with Crippen molar-refractivity contribution in [3.63, 3.8) is 0 Å². The highest BCUT2D eigenvalue weighted by atomic mass is 15.1. The molecule has 3 heteroatoms. The SMILES string of the molecule is [C-]#[N+]c1cc2cc(CCN3CCC(C4(C5CCCC5)CCCc5ccccc54)CC3)ccc2[nH]1. The number of rotatable bonds is 5. The van der Waals surface area contributed by atoms with Crippen molar-refractivity contribution < 1.29 is 0 Å². The van der Waals surface area contributed by atoms with Crippen LogP contribution in [0.4, 0.5) is 5.82 Å². The number of H-pyrrole nitrogens is 1. The zero-order valence-corrected chi connectivity index (χ0v) is 20.4. The summed E-state index contributed by atoms with van der Waals surface area (Å²) < 4.78 is 0. The first-order valence-electron chi connectivity index (χ1n) is 13.6. The van der Waals surface area contributed by atoms with Crippen LogP contribution in [0.5, 0.6) is 0 Å². The van der Waals surface area contributed by atoms with E-state index in [-0.39, 0.29) is 0 Å². The van der Waals surface area contributed by atoms with Gasteiger partial charge in [0.2, 0.25) is 5.82 Å². The topological polar surface area (TPSA) is 23.4 Å². The van der Waals surface area contributed by atoms with E-state index in [9.17, 15) is 0 Å². The van der Waals surface area contributed by atoms with Crippen LogP contribution in [0, 0.1) is 18.4 Å². The second-order valence-corrected chi connectivity index (χ2v) is 11.1. The first-order chi connectivity index (χ1) is 16.8. The molecule has 0 amide bonds. The van der Waals surface area contributed by atoms with Crippen LogP contribution < -0.4 is 0 Å². The van der Waals surface area contributed by atoms with Crippen LogP contribution in [0.1, 0.15) is 68.1 Å². The summed E-state index contributed by atoms with van der Waals surface area (Å²) in [5.74, 6) is 2.38. The summed E-state index contributed by atoms with van der Waals surface area (Å²) in [5, 5.41) is 1.16. The van der Waals surface area contributed by atoms with Crippen LogP contribution in [0.3, 0.4) is 0 Å². The minimum absolute atomic E-state index is 0.442. The molecule has 1 saturated heterocycles. The van der Waals surface area contributed by atoms with Gasteiger partial charge in [-0.25, -0.2) is 0 Å². The Bertz CT molecular complexity index is 1190. The number of likely N-dealkylation sites (tertiary alicyclic amines) is 1. The Morgan fingerprint density at radius 1 is 0.941 bits per heavy atom. The van der Waals surface area contributed by atoms with E-state index in [4.69, 9.17) is 6.57 Å². The zero-order chi connectivity index (χ0) is 23.0. The predicted molar refractivity (Wildman–Crippen MR) is 140 cm³/mol. The molecule has 0 spiro atoms. The van der Waals surface area contributed by atoms with Crippen LogP contribution in [-0.2, 0) is 18.3 Å². The molecule has 3 nitrogen and oxygen atoms in total. The van der Waals surface area contributed by atoms with Crippen molar-refractivity contribution in [2.24, 2.45) is 11.8 Å². The van der Waals surface area contributed by atoms with Crippen molar-refractivity contribution in [1.29, 1.82) is 0 Å². The Morgan fingerprint density at radius 2 is 1.74 bits per heavy atom. The van der Waals surface area contributed by atoms with Crippen LogP contribution >= 0.6 is 0 Å². The number of piperidine rings is 1. The Balaban J connectivity index is 1.15. The highest BCUT2D eigenvalue weighted by Gasteiger charge is 2.49. The van der Waals surface area contributed by atoms with Crippen LogP contribution in [0.25, 0.3) is 15.7 Å². The van der Waals surface area contributed by atoms with Gasteiger partial charge in [-0.3, -0.25) is 0 Å². The van der Waals surface area contributed by atoms with Gasteiger partial charge >= 0.3 is 0 Å². The third-order valence-electron chi connectivity index (χ3n) is 9.46. The van der Waals surface area contributed by atoms with Gasteiger partial charge in [-0.1, -0.05) is 49.7 Å². The molecule has 2 aromatic carbocycles. The van der Waals surface area contributed by atoms with Crippen molar-refractivity contribution >= 4 is 16.7 Å². The number of aromatic amines is 1. The van der Waals surface area contributed by atoms with Crippen LogP contribution in [0.2, 0.25) is 0 Å². The second-order valence-electron chi connectivity index (χ2n) is 11.1. The number of benzene rings is 2. The number of aromatic nitrogens is 1. The molecular formula is C31H37N3. The van der Waals surface area contributed by atoms with Crippen molar-refractivity contribution in [3.8, 4) is 0 Å². The van der Waals surface area contributed by atoms with Gasteiger partial charge in [0.25, 0.3) is 0 Å². The lowest BCUT2D eigenvalue weighted by molar-refractivity contribution is 0.0737. The second kappa shape index (κ2) is 9.23. The smallest absolute Gasteiger partial charge is 0.229 e. The molecular weight excluding hydrogens is 414 g/mol. The number of hydrogen-bond acceptors (Lipinski definition) is 1. The van der Waals surface area contributed by atoms with Gasteiger partial charge in [-0.05, 0) is 111 Å². The lowest BCUT2D eigenvalue weighted by Crippen LogP contribution is -2.49. The summed E-state index contributed by atoms with van der Waals surface area (Å²) in [5.41, 5.74) is 6.29. The summed E-state index contributed by atoms with van der Waals surface area (Å²) in [6.45, 7) is 10.9. The lowest BCUT2D eigenvalue weighted by atomic mass is 9.54. The molecule has 2 heterocycles. The molecule has 1 aromatic heterocycles. The molecule has 0 bridgehead atoms. The number of fused-ring (bicyclic) bond motifs is 2. The van der Waals surface area contributed by atoms with E-state index in [0.717, 1.165) is 35.7 Å². The highest BCUT2D eigenvalue weighted by Crippen LogP contribution is 2.55. The molecule has 34 heavy (non-hydrogen) atoms. The van der Waals surface area contributed by atoms with E-state index in [1.807, 2.05) is 6.07 Å². The van der Waals surface area contributed by atoms with E-state index in [2.05, 4.69) is 57.2 Å². The average molecular weight is 452 g/mol. The number of hydrogen-bond donors (Lipinski definition) is 1. The largest absolute Gasteiger partial charge is 0.364 e. The minimum Gasteiger partial charge on any atom is -0.364 e. The van der Waals surface area contributed by atoms with E-state index < -0.39 is 0 Å². The molecule has 2 aliphatic carbocycles. The predicted octanol–water partition coefficient (Wildman–Crippen LogP) is 7.44. The molecule has 1 unspecified atom stereocenters. The fourth-order valence-electron chi connectivity index (χ4n) is 7.86. The fraction of sp³-hybridized carbons (Fsp3) is 0.516. The maximum absolute atomic E-state index is 7.23. The van der Waals surface area contributed by atoms with E-state index in [0.29, 0.717) is 11.2 Å². The summed E-state index contributed by atoms with van der Waals surface area (Å²) in [6, 6.07) is 18.1. The van der Waals surface area contributed by atoms with Gasteiger partial charge in [0.1, 0.15) is 5.52 Å². The molecule has 3 aromatic rings. The number of nitrogens with zero attached hydrogens (tertiary/aromatic N) is 2. The number of nitrogens with one attached hydrogen (secondary N) is 1. The molecule has 1 atom stereocenters. The fourth-order valence-corrected chi connectivity index (χ4v) is 7.86. The third kappa shape index (κ3) is 3.87. The lowest BCUT2D eigenvalue weighted by Gasteiger charge is -2.52. The summed E-state index contributed by atoms with van der Waals surface area (Å²) >= 11 is 0. The van der Waals surface area contributed by atoms with E-state index in [1.54, 1.807) is 11.1 Å². The maximum atomic E-state index is 7.23. The Labute approximate surface area is 204 Å². The highest BCUT2D eigenvalue weighted by molar-refractivity contribution is 5.84.